The van der Waals surface area contributed by atoms with Crippen molar-refractivity contribution in [3.63, 3.8) is 0 Å². The van der Waals surface area contributed by atoms with E-state index < -0.39 is 29.3 Å². The van der Waals surface area contributed by atoms with Gasteiger partial charge in [0.1, 0.15) is 5.54 Å². The van der Waals surface area contributed by atoms with Crippen molar-refractivity contribution >= 4 is 23.5 Å². The van der Waals surface area contributed by atoms with Gasteiger partial charge >= 0.3 is 11.9 Å². The van der Waals surface area contributed by atoms with Crippen LogP contribution in [0.25, 0.3) is 0 Å². The molecule has 3 atom stereocenters. The highest BCUT2D eigenvalue weighted by molar-refractivity contribution is 6.30. The first-order valence-electron chi connectivity index (χ1n) is 6.34. The van der Waals surface area contributed by atoms with Crippen LogP contribution in [0.2, 0.25) is 5.02 Å². The number of halogens is 1. The standard InChI is InChI=1S/C14H16ClNO4/c15-9-3-1-8(2-4-9)5-6-14(16,13(19)20)11-7-10(11)12(17)18/h1-4,10-11H,5-7,16H2,(H,17,18)(H,19,20)/t10-,11?,14+/m0/s1. The van der Waals surface area contributed by atoms with Gasteiger partial charge in [-0.25, -0.2) is 0 Å². The van der Waals surface area contributed by atoms with Gasteiger partial charge in [0.2, 0.25) is 0 Å². The van der Waals surface area contributed by atoms with Crippen molar-refractivity contribution in [3.05, 3.63) is 34.9 Å². The summed E-state index contributed by atoms with van der Waals surface area (Å²) < 4.78 is 0. The zero-order valence-electron chi connectivity index (χ0n) is 10.8. The smallest absolute Gasteiger partial charge is 0.324 e. The van der Waals surface area contributed by atoms with Crippen LogP contribution in [0, 0.1) is 11.8 Å². The molecule has 1 aliphatic rings. The van der Waals surface area contributed by atoms with E-state index in [0.717, 1.165) is 5.56 Å². The second-order valence-electron chi connectivity index (χ2n) is 5.26. The van der Waals surface area contributed by atoms with Gasteiger partial charge in [0, 0.05) is 10.9 Å². The second-order valence-corrected chi connectivity index (χ2v) is 5.70. The number of aryl methyl sites for hydroxylation is 1. The molecule has 0 saturated heterocycles. The van der Waals surface area contributed by atoms with E-state index in [-0.39, 0.29) is 6.42 Å². The van der Waals surface area contributed by atoms with Crippen molar-refractivity contribution in [1.82, 2.24) is 0 Å². The monoisotopic (exact) mass is 297 g/mol. The molecule has 0 aliphatic heterocycles. The maximum Gasteiger partial charge on any atom is 0.324 e. The highest BCUT2D eigenvalue weighted by Crippen LogP contribution is 2.47. The van der Waals surface area contributed by atoms with Crippen molar-refractivity contribution in [3.8, 4) is 0 Å². The van der Waals surface area contributed by atoms with Gasteiger partial charge in [-0.15, -0.1) is 0 Å². The summed E-state index contributed by atoms with van der Waals surface area (Å²) in [5, 5.41) is 18.9. The molecule has 0 radical (unpaired) electrons. The summed E-state index contributed by atoms with van der Waals surface area (Å²) in [5.74, 6) is -3.25. The van der Waals surface area contributed by atoms with Gasteiger partial charge in [0.05, 0.1) is 5.92 Å². The Kier molecular flexibility index (Phi) is 4.01. The lowest BCUT2D eigenvalue weighted by Crippen LogP contribution is -2.51. The first-order chi connectivity index (χ1) is 9.34. The second kappa shape index (κ2) is 5.42. The largest absolute Gasteiger partial charge is 0.481 e. The van der Waals surface area contributed by atoms with E-state index in [9.17, 15) is 14.7 Å². The lowest BCUT2D eigenvalue weighted by molar-refractivity contribution is -0.145. The summed E-state index contributed by atoms with van der Waals surface area (Å²) in [5.41, 5.74) is 5.41. The van der Waals surface area contributed by atoms with Crippen LogP contribution in [0.3, 0.4) is 0 Å². The number of carboxylic acid groups (broad SMARTS) is 2. The molecule has 20 heavy (non-hydrogen) atoms. The Morgan fingerprint density at radius 2 is 1.90 bits per heavy atom. The fraction of sp³-hybridized carbons (Fsp3) is 0.429. The van der Waals surface area contributed by atoms with Crippen LogP contribution in [0.5, 0.6) is 0 Å². The van der Waals surface area contributed by atoms with Crippen molar-refractivity contribution < 1.29 is 19.8 Å². The minimum absolute atomic E-state index is 0.207. The van der Waals surface area contributed by atoms with Crippen LogP contribution in [-0.2, 0) is 16.0 Å². The predicted octanol–water partition coefficient (Wildman–Crippen LogP) is 1.78. The topological polar surface area (TPSA) is 101 Å². The number of hydrogen-bond donors (Lipinski definition) is 3. The molecule has 0 spiro atoms. The van der Waals surface area contributed by atoms with Crippen molar-refractivity contribution in [1.29, 1.82) is 0 Å². The summed E-state index contributed by atoms with van der Waals surface area (Å²) in [6.07, 6.45) is 1.01. The Morgan fingerprint density at radius 3 is 2.35 bits per heavy atom. The number of hydrogen-bond acceptors (Lipinski definition) is 3. The fourth-order valence-electron chi connectivity index (χ4n) is 2.49. The Labute approximate surface area is 121 Å². The predicted molar refractivity (Wildman–Crippen MR) is 73.6 cm³/mol. The van der Waals surface area contributed by atoms with Crippen LogP contribution in [0.4, 0.5) is 0 Å². The molecule has 108 valence electrons. The molecule has 5 nitrogen and oxygen atoms in total. The van der Waals surface area contributed by atoms with E-state index in [0.29, 0.717) is 17.9 Å². The number of nitrogens with two attached hydrogens (primary N) is 1. The summed E-state index contributed by atoms with van der Waals surface area (Å²) in [4.78, 5) is 22.3. The number of aliphatic carboxylic acids is 2. The summed E-state index contributed by atoms with van der Waals surface area (Å²) in [6, 6.07) is 7.08. The van der Waals surface area contributed by atoms with Gasteiger partial charge in [0.25, 0.3) is 0 Å². The molecule has 0 aromatic heterocycles. The number of carboxylic acids is 2. The third-order valence-electron chi connectivity index (χ3n) is 3.91. The van der Waals surface area contributed by atoms with E-state index in [1.165, 1.54) is 0 Å². The van der Waals surface area contributed by atoms with E-state index in [1.54, 1.807) is 12.1 Å². The van der Waals surface area contributed by atoms with Crippen molar-refractivity contribution in [2.75, 3.05) is 0 Å². The molecule has 1 saturated carbocycles. The third-order valence-corrected chi connectivity index (χ3v) is 4.16. The summed E-state index contributed by atoms with van der Waals surface area (Å²) >= 11 is 5.78. The molecule has 0 bridgehead atoms. The van der Waals surface area contributed by atoms with Crippen LogP contribution < -0.4 is 5.73 Å². The first-order valence-corrected chi connectivity index (χ1v) is 6.72. The highest BCUT2D eigenvalue weighted by Gasteiger charge is 2.57. The molecule has 1 unspecified atom stereocenters. The average molecular weight is 298 g/mol. The zero-order chi connectivity index (χ0) is 14.9. The van der Waals surface area contributed by atoms with Crippen LogP contribution in [0.1, 0.15) is 18.4 Å². The molecule has 4 N–H and O–H groups in total. The summed E-state index contributed by atoms with van der Waals surface area (Å²) in [6.45, 7) is 0. The molecule has 6 heteroatoms. The Morgan fingerprint density at radius 1 is 1.30 bits per heavy atom. The highest BCUT2D eigenvalue weighted by atomic mass is 35.5. The molecular weight excluding hydrogens is 282 g/mol. The zero-order valence-corrected chi connectivity index (χ0v) is 11.5. The Balaban J connectivity index is 2.05. The SMILES string of the molecule is N[C@@](CCc1ccc(Cl)cc1)(C(=O)O)C1C[C@@H]1C(=O)O. The van der Waals surface area contributed by atoms with Crippen LogP contribution in [-0.4, -0.2) is 27.7 Å². The van der Waals surface area contributed by atoms with Gasteiger partial charge in [-0.2, -0.15) is 0 Å². The van der Waals surface area contributed by atoms with Crippen molar-refractivity contribution in [2.45, 2.75) is 24.8 Å². The molecule has 0 heterocycles. The molecule has 2 rings (SSSR count). The van der Waals surface area contributed by atoms with E-state index in [2.05, 4.69) is 0 Å². The third kappa shape index (κ3) is 2.94. The van der Waals surface area contributed by atoms with E-state index in [1.807, 2.05) is 12.1 Å². The molecular formula is C14H16ClNO4. The maximum absolute atomic E-state index is 11.4. The quantitative estimate of drug-likeness (QED) is 0.743. The lowest BCUT2D eigenvalue weighted by atomic mass is 9.86. The van der Waals surface area contributed by atoms with Gasteiger partial charge in [0.15, 0.2) is 0 Å². The minimum Gasteiger partial charge on any atom is -0.481 e. The first kappa shape index (κ1) is 14.8. The molecule has 1 aromatic rings. The normalized spacial score (nSPS) is 23.9. The molecule has 1 aromatic carbocycles. The molecule has 1 aliphatic carbocycles. The van der Waals surface area contributed by atoms with E-state index in [4.69, 9.17) is 22.4 Å². The Hall–Kier alpha value is -1.59. The van der Waals surface area contributed by atoms with E-state index >= 15 is 0 Å². The minimum atomic E-state index is -1.48. The number of carbonyl (C=O) groups is 2. The average Bonchev–Trinajstić information content (AvgIpc) is 3.18. The van der Waals surface area contributed by atoms with Crippen LogP contribution >= 0.6 is 11.6 Å². The van der Waals surface area contributed by atoms with Crippen molar-refractivity contribution in [2.24, 2.45) is 17.6 Å². The molecule has 1 fully saturated rings. The number of rotatable bonds is 6. The van der Waals surface area contributed by atoms with Crippen LogP contribution in [0.15, 0.2) is 24.3 Å². The molecule has 0 amide bonds. The maximum atomic E-state index is 11.4. The van der Waals surface area contributed by atoms with Gasteiger partial charge < -0.3 is 15.9 Å². The lowest BCUT2D eigenvalue weighted by Gasteiger charge is -2.25. The van der Waals surface area contributed by atoms with Gasteiger partial charge in [-0.05, 0) is 37.0 Å². The Bertz CT molecular complexity index is 530. The van der Waals surface area contributed by atoms with Gasteiger partial charge in [-0.3, -0.25) is 9.59 Å². The number of benzene rings is 1. The summed E-state index contributed by atoms with van der Waals surface area (Å²) in [7, 11) is 0. The van der Waals surface area contributed by atoms with Gasteiger partial charge in [-0.1, -0.05) is 23.7 Å². The fourth-order valence-corrected chi connectivity index (χ4v) is 2.62.